The van der Waals surface area contributed by atoms with Crippen molar-refractivity contribution in [1.29, 1.82) is 0 Å². The number of carboxylic acid groups (broad SMARTS) is 2. The van der Waals surface area contributed by atoms with Gasteiger partial charge in [-0.3, -0.25) is 0 Å². The van der Waals surface area contributed by atoms with E-state index in [4.69, 9.17) is 15.9 Å². The van der Waals surface area contributed by atoms with Gasteiger partial charge in [0.05, 0.1) is 18.1 Å². The maximum absolute atomic E-state index is 9.55. The first kappa shape index (κ1) is 15.9. The van der Waals surface area contributed by atoms with E-state index in [1.807, 2.05) is 12.4 Å². The van der Waals surface area contributed by atoms with Crippen molar-refractivity contribution in [2.24, 2.45) is 11.7 Å². The third kappa shape index (κ3) is 4.01. The second kappa shape index (κ2) is 6.99. The Morgan fingerprint density at radius 2 is 1.82 bits per heavy atom. The summed E-state index contributed by atoms with van der Waals surface area (Å²) in [5.41, 5.74) is 6.89. The highest BCUT2D eigenvalue weighted by Gasteiger charge is 2.51. The Bertz CT molecular complexity index is 547. The number of nitrogens with two attached hydrogens (primary N) is 1. The lowest BCUT2D eigenvalue weighted by Gasteiger charge is -2.27. The van der Waals surface area contributed by atoms with Gasteiger partial charge in [-0.25, -0.2) is 19.6 Å². The highest BCUT2D eigenvalue weighted by Crippen LogP contribution is 2.49. The average molecular weight is 306 g/mol. The van der Waals surface area contributed by atoms with Crippen LogP contribution in [0.25, 0.3) is 0 Å². The molecule has 1 aromatic rings. The number of aliphatic carboxylic acids is 2. The molecule has 1 aromatic heterocycles. The molecule has 3 atom stereocenters. The maximum Gasteiger partial charge on any atom is 0.328 e. The molecule has 8 heteroatoms. The van der Waals surface area contributed by atoms with Crippen LogP contribution in [0, 0.1) is 5.92 Å². The van der Waals surface area contributed by atoms with E-state index in [-0.39, 0.29) is 0 Å². The molecule has 2 aliphatic rings. The van der Waals surface area contributed by atoms with Crippen molar-refractivity contribution in [2.45, 2.75) is 24.9 Å². The van der Waals surface area contributed by atoms with E-state index in [2.05, 4.69) is 14.9 Å². The van der Waals surface area contributed by atoms with Crippen LogP contribution in [0.15, 0.2) is 30.9 Å². The molecule has 1 aliphatic carbocycles. The zero-order chi connectivity index (χ0) is 16.1. The molecule has 2 heterocycles. The molecule has 22 heavy (non-hydrogen) atoms. The van der Waals surface area contributed by atoms with Gasteiger partial charge < -0.3 is 20.8 Å². The van der Waals surface area contributed by atoms with Gasteiger partial charge in [-0.1, -0.05) is 0 Å². The number of carbonyl (C=O) groups is 2. The molecule has 0 bridgehead atoms. The largest absolute Gasteiger partial charge is 0.478 e. The van der Waals surface area contributed by atoms with Crippen molar-refractivity contribution in [3.63, 3.8) is 0 Å². The monoisotopic (exact) mass is 306 g/mol. The number of piperidine rings is 1. The number of fused-ring (bicyclic) bond motifs is 1. The Morgan fingerprint density at radius 1 is 1.23 bits per heavy atom. The molecule has 0 amide bonds. The zero-order valence-corrected chi connectivity index (χ0v) is 11.9. The molecule has 0 aromatic carbocycles. The molecule has 118 valence electrons. The molecular weight excluding hydrogens is 288 g/mol. The summed E-state index contributed by atoms with van der Waals surface area (Å²) in [7, 11) is 0. The number of hydrogen-bond donors (Lipinski definition) is 3. The van der Waals surface area contributed by atoms with E-state index in [9.17, 15) is 9.59 Å². The number of carboxylic acids is 2. The lowest BCUT2D eigenvalue weighted by molar-refractivity contribution is -0.134. The van der Waals surface area contributed by atoms with Crippen LogP contribution in [0.2, 0.25) is 0 Å². The molecule has 2 fully saturated rings. The van der Waals surface area contributed by atoms with Crippen LogP contribution in [-0.4, -0.2) is 50.7 Å². The van der Waals surface area contributed by atoms with Crippen LogP contribution in [0.4, 0.5) is 5.69 Å². The Balaban J connectivity index is 0.000000192. The molecule has 8 nitrogen and oxygen atoms in total. The Labute approximate surface area is 127 Å². The van der Waals surface area contributed by atoms with Crippen molar-refractivity contribution in [1.82, 2.24) is 9.97 Å². The Morgan fingerprint density at radius 3 is 2.32 bits per heavy atom. The maximum atomic E-state index is 9.55. The summed E-state index contributed by atoms with van der Waals surface area (Å²) in [6.45, 7) is 0.738. The van der Waals surface area contributed by atoms with Crippen molar-refractivity contribution >= 4 is 17.6 Å². The van der Waals surface area contributed by atoms with Gasteiger partial charge >= 0.3 is 11.9 Å². The van der Waals surface area contributed by atoms with E-state index in [0.717, 1.165) is 24.2 Å². The second-order valence-electron chi connectivity index (χ2n) is 5.20. The van der Waals surface area contributed by atoms with Crippen LogP contribution < -0.4 is 10.6 Å². The number of hydrogen-bond acceptors (Lipinski definition) is 6. The van der Waals surface area contributed by atoms with Gasteiger partial charge in [-0.15, -0.1) is 0 Å². The minimum atomic E-state index is -1.26. The lowest BCUT2D eigenvalue weighted by Crippen LogP contribution is -2.38. The van der Waals surface area contributed by atoms with Crippen LogP contribution >= 0.6 is 0 Å². The highest BCUT2D eigenvalue weighted by molar-refractivity contribution is 5.89. The summed E-state index contributed by atoms with van der Waals surface area (Å²) in [5, 5.41) is 15.6. The van der Waals surface area contributed by atoms with Crippen LogP contribution in [0.3, 0.4) is 0 Å². The third-order valence-electron chi connectivity index (χ3n) is 3.70. The first-order chi connectivity index (χ1) is 10.5. The zero-order valence-electron chi connectivity index (χ0n) is 11.9. The SMILES string of the molecule is NCC1CC2CC2N1c1cncnc1.O=C(O)C=CC(=O)O. The number of anilines is 1. The Kier molecular flexibility index (Phi) is 5.05. The fourth-order valence-electron chi connectivity index (χ4n) is 2.74. The Hall–Kier alpha value is -2.48. The molecular formula is C14H18N4O4. The fraction of sp³-hybridized carbons (Fsp3) is 0.429. The van der Waals surface area contributed by atoms with Gasteiger partial charge in [-0.05, 0) is 18.8 Å². The molecule has 1 saturated heterocycles. The predicted molar refractivity (Wildman–Crippen MR) is 78.3 cm³/mol. The second-order valence-corrected chi connectivity index (χ2v) is 5.20. The van der Waals surface area contributed by atoms with Crippen molar-refractivity contribution in [3.8, 4) is 0 Å². The first-order valence-electron chi connectivity index (χ1n) is 6.90. The van der Waals surface area contributed by atoms with E-state index < -0.39 is 11.9 Å². The normalized spacial score (nSPS) is 25.3. The van der Waals surface area contributed by atoms with Crippen molar-refractivity contribution < 1.29 is 19.8 Å². The molecule has 3 rings (SSSR count). The van der Waals surface area contributed by atoms with Gasteiger partial charge in [0.1, 0.15) is 6.33 Å². The van der Waals surface area contributed by atoms with Crippen LogP contribution in [0.5, 0.6) is 0 Å². The molecule has 3 unspecified atom stereocenters. The summed E-state index contributed by atoms with van der Waals surface area (Å²) in [5.74, 6) is -1.64. The predicted octanol–water partition coefficient (Wildman–Crippen LogP) is 0.114. The van der Waals surface area contributed by atoms with E-state index in [1.54, 1.807) is 6.33 Å². The number of nitrogens with zero attached hydrogens (tertiary/aromatic N) is 3. The fourth-order valence-corrected chi connectivity index (χ4v) is 2.74. The summed E-state index contributed by atoms with van der Waals surface area (Å²) >= 11 is 0. The lowest BCUT2D eigenvalue weighted by atomic mass is 10.1. The van der Waals surface area contributed by atoms with Gasteiger partial charge in [0.25, 0.3) is 0 Å². The molecule has 0 spiro atoms. The van der Waals surface area contributed by atoms with Crippen molar-refractivity contribution in [2.75, 3.05) is 11.4 Å². The summed E-state index contributed by atoms with van der Waals surface area (Å²) < 4.78 is 0. The summed E-state index contributed by atoms with van der Waals surface area (Å²) in [6, 6.07) is 1.22. The van der Waals surface area contributed by atoms with Gasteiger partial charge in [-0.2, -0.15) is 0 Å². The average Bonchev–Trinajstić information content (AvgIpc) is 3.17. The topological polar surface area (TPSA) is 130 Å². The molecule has 1 saturated carbocycles. The van der Waals surface area contributed by atoms with Gasteiger partial charge in [0.15, 0.2) is 0 Å². The molecule has 4 N–H and O–H groups in total. The van der Waals surface area contributed by atoms with E-state index >= 15 is 0 Å². The molecule has 1 aliphatic heterocycles. The van der Waals surface area contributed by atoms with Crippen LogP contribution in [-0.2, 0) is 9.59 Å². The number of rotatable bonds is 4. The van der Waals surface area contributed by atoms with Crippen LogP contribution in [0.1, 0.15) is 12.8 Å². The quantitative estimate of drug-likeness (QED) is 0.668. The third-order valence-corrected chi connectivity index (χ3v) is 3.70. The van der Waals surface area contributed by atoms with Crippen molar-refractivity contribution in [3.05, 3.63) is 30.9 Å². The minimum Gasteiger partial charge on any atom is -0.478 e. The standard InChI is InChI=1S/C10H14N4.C4H4O4/c11-3-8-1-7-2-10(7)14(8)9-4-12-6-13-5-9;5-3(6)1-2-4(7)8/h4-8,10H,1-3,11H2;1-2H,(H,5,6)(H,7,8). The first-order valence-corrected chi connectivity index (χ1v) is 6.90. The van der Waals surface area contributed by atoms with Gasteiger partial charge in [0.2, 0.25) is 0 Å². The van der Waals surface area contributed by atoms with E-state index in [0.29, 0.717) is 18.2 Å². The summed E-state index contributed by atoms with van der Waals surface area (Å²) in [4.78, 5) is 29.6. The van der Waals surface area contributed by atoms with Gasteiger partial charge in [0, 0.05) is 30.8 Å². The highest BCUT2D eigenvalue weighted by atomic mass is 16.4. The summed E-state index contributed by atoms with van der Waals surface area (Å²) in [6.07, 6.45) is 9.03. The number of aromatic nitrogens is 2. The minimum absolute atomic E-state index is 0.504. The smallest absolute Gasteiger partial charge is 0.328 e. The van der Waals surface area contributed by atoms with E-state index in [1.165, 1.54) is 12.8 Å². The molecule has 0 radical (unpaired) electrons.